The maximum Gasteiger partial charge on any atom is 0.284 e. The second kappa shape index (κ2) is 27.0. The fourth-order valence-electron chi connectivity index (χ4n) is 6.85. The Bertz CT molecular complexity index is 1660. The molecule has 0 aromatic rings. The molecule has 0 aromatic heterocycles. The smallest absolute Gasteiger partial charge is 0.284 e. The highest BCUT2D eigenvalue weighted by atomic mass is 16.4. The third-order valence-electron chi connectivity index (χ3n) is 10.8. The number of nitrogens with one attached hydrogen (secondary N) is 6. The normalized spacial score (nSPS) is 18.5. The van der Waals surface area contributed by atoms with Gasteiger partial charge in [0.1, 0.15) is 42.4 Å². The number of carboxylic acids is 3. The van der Waals surface area contributed by atoms with Crippen molar-refractivity contribution in [2.75, 3.05) is 6.54 Å². The first-order valence-corrected chi connectivity index (χ1v) is 21.6. The molecule has 64 heavy (non-hydrogen) atoms. The molecule has 1 aliphatic rings. The summed E-state index contributed by atoms with van der Waals surface area (Å²) in [5, 5.41) is 69.3. The van der Waals surface area contributed by atoms with Crippen LogP contribution >= 0.6 is 0 Å². The van der Waals surface area contributed by atoms with E-state index in [0.29, 0.717) is 6.42 Å². The van der Waals surface area contributed by atoms with Crippen LogP contribution < -0.4 is 53.0 Å². The largest absolute Gasteiger partial charge is 0.550 e. The van der Waals surface area contributed by atoms with Crippen LogP contribution in [0.1, 0.15) is 113 Å². The standard InChI is InChI=1S/C41H70N8O15/c1-9-21(6)32(38(60)48-33(23(8)51)39(61)44-24(12-14-29(52)53)34(56)46-27(41(63)64)18-20(4)5)47-35(57)25(13-15-30(54)55)43-36(58)26(17-19(2)3)45-37(59)28-11-10-16-49(28)40(62)31(42)22(7)50/h19-28,31-33,50-51H,9-18,42H2,1-8H3,(H,43,58)(H,44,61)(H,45,59)(H,46,56)(H,47,57)(H,48,60)(H,52,53)(H,54,55)(H,63,64)/p-2/t21-,22+,23+,24-,25-,26-,27-,28-,31-,32-,33-/m0/s1. The van der Waals surface area contributed by atoms with Crippen LogP contribution in [0.3, 0.4) is 0 Å². The van der Waals surface area contributed by atoms with Gasteiger partial charge >= 0.3 is 0 Å². The molecule has 1 saturated heterocycles. The van der Waals surface area contributed by atoms with Crippen molar-refractivity contribution in [3.63, 3.8) is 0 Å². The van der Waals surface area contributed by atoms with E-state index in [1.165, 1.54) is 11.8 Å². The zero-order valence-corrected chi connectivity index (χ0v) is 37.9. The third-order valence-corrected chi connectivity index (χ3v) is 10.8. The Morgan fingerprint density at radius 2 is 1.05 bits per heavy atom. The van der Waals surface area contributed by atoms with Crippen molar-refractivity contribution < 1.29 is 79.2 Å². The molecule has 23 heteroatoms. The number of likely N-dealkylation sites (tertiary alicyclic amines) is 1. The summed E-state index contributed by atoms with van der Waals surface area (Å²) in [6.45, 7) is 12.8. The molecule has 1 aliphatic heterocycles. The summed E-state index contributed by atoms with van der Waals surface area (Å²) in [7, 11) is 0. The Kier molecular flexibility index (Phi) is 23.9. The van der Waals surface area contributed by atoms with Gasteiger partial charge in [-0.25, -0.2) is 0 Å². The van der Waals surface area contributed by atoms with E-state index in [-0.39, 0.29) is 44.1 Å². The predicted molar refractivity (Wildman–Crippen MR) is 218 cm³/mol. The molecule has 23 nitrogen and oxygen atoms in total. The summed E-state index contributed by atoms with van der Waals surface area (Å²) < 4.78 is 0. The minimum absolute atomic E-state index is 0.0460. The summed E-state index contributed by atoms with van der Waals surface area (Å²) >= 11 is 0. The van der Waals surface area contributed by atoms with Crippen LogP contribution in [-0.4, -0.2) is 141 Å². The van der Waals surface area contributed by atoms with Gasteiger partial charge in [-0.2, -0.15) is 0 Å². The van der Waals surface area contributed by atoms with Crippen LogP contribution in [0.15, 0.2) is 0 Å². The number of carbonyl (C=O) groups is 10. The zero-order valence-electron chi connectivity index (χ0n) is 37.9. The van der Waals surface area contributed by atoms with E-state index in [0.717, 1.165) is 6.92 Å². The van der Waals surface area contributed by atoms with Gasteiger partial charge in [-0.3, -0.25) is 33.6 Å². The molecular weight excluding hydrogens is 844 g/mol. The number of hydrogen-bond donors (Lipinski definition) is 9. The molecule has 0 aromatic carbocycles. The minimum Gasteiger partial charge on any atom is -0.550 e. The fraction of sp³-hybridized carbons (Fsp3) is 0.756. The first-order chi connectivity index (χ1) is 29.7. The molecule has 11 N–H and O–H groups in total. The third kappa shape index (κ3) is 18.7. The van der Waals surface area contributed by atoms with Gasteiger partial charge in [-0.05, 0) is 83.0 Å². The molecule has 11 atom stereocenters. The van der Waals surface area contributed by atoms with Gasteiger partial charge in [0.2, 0.25) is 35.4 Å². The van der Waals surface area contributed by atoms with Gasteiger partial charge < -0.3 is 82.5 Å². The number of hydrogen-bond acceptors (Lipinski definition) is 15. The Morgan fingerprint density at radius 3 is 1.50 bits per heavy atom. The van der Waals surface area contributed by atoms with E-state index in [1.807, 2.05) is 0 Å². The molecule has 364 valence electrons. The number of nitrogens with zero attached hydrogens (tertiary/aromatic N) is 1. The van der Waals surface area contributed by atoms with Crippen LogP contribution in [0.25, 0.3) is 0 Å². The van der Waals surface area contributed by atoms with E-state index >= 15 is 0 Å². The molecule has 0 spiro atoms. The quantitative estimate of drug-likeness (QED) is 0.0352. The van der Waals surface area contributed by atoms with Crippen molar-refractivity contribution in [2.24, 2.45) is 17.8 Å². The van der Waals surface area contributed by atoms with Gasteiger partial charge in [0.05, 0.1) is 18.1 Å². The topological polar surface area (TPSA) is 383 Å². The van der Waals surface area contributed by atoms with Gasteiger partial charge in [0.25, 0.3) is 5.91 Å². The molecule has 0 radical (unpaired) electrons. The van der Waals surface area contributed by atoms with Crippen molar-refractivity contribution in [3.05, 3.63) is 0 Å². The van der Waals surface area contributed by atoms with E-state index in [1.54, 1.807) is 41.5 Å². The number of amides is 7. The van der Waals surface area contributed by atoms with E-state index in [9.17, 15) is 73.5 Å². The second-order valence-electron chi connectivity index (χ2n) is 17.3. The highest BCUT2D eigenvalue weighted by molar-refractivity contribution is 5.98. The Labute approximate surface area is 372 Å². The molecule has 1 heterocycles. The van der Waals surface area contributed by atoms with E-state index in [4.69, 9.17) is 0 Å². The highest BCUT2D eigenvalue weighted by Crippen LogP contribution is 2.20. The lowest BCUT2D eigenvalue weighted by Crippen LogP contribution is -2.73. The second-order valence-corrected chi connectivity index (χ2v) is 17.3. The van der Waals surface area contributed by atoms with Crippen molar-refractivity contribution in [3.8, 4) is 0 Å². The fourth-order valence-corrected chi connectivity index (χ4v) is 6.85. The zero-order chi connectivity index (χ0) is 49.2. The van der Waals surface area contributed by atoms with Crippen LogP contribution in [-0.2, 0) is 47.9 Å². The molecule has 7 amide bonds. The average molecular weight is 913 g/mol. The van der Waals surface area contributed by atoms with Crippen molar-refractivity contribution in [1.82, 2.24) is 36.8 Å². The number of aliphatic carboxylic acids is 3. The first kappa shape index (κ1) is 56.6. The van der Waals surface area contributed by atoms with Crippen LogP contribution in [0.5, 0.6) is 0 Å². The van der Waals surface area contributed by atoms with Gasteiger partial charge in [0.15, 0.2) is 6.04 Å². The van der Waals surface area contributed by atoms with Crippen molar-refractivity contribution >= 4 is 59.3 Å². The van der Waals surface area contributed by atoms with E-state index < -0.39 is 151 Å². The number of carboxylic acid groups (broad SMARTS) is 3. The Morgan fingerprint density at radius 1 is 0.609 bits per heavy atom. The Balaban J connectivity index is 3.38. The van der Waals surface area contributed by atoms with Crippen LogP contribution in [0, 0.1) is 17.8 Å². The maximum atomic E-state index is 13.9. The lowest BCUT2D eigenvalue weighted by molar-refractivity contribution is -0.421. The van der Waals surface area contributed by atoms with Crippen molar-refractivity contribution in [1.29, 1.82) is 0 Å². The minimum atomic E-state index is -1.84. The number of carbonyl (C=O) groups excluding carboxylic acids is 10. The van der Waals surface area contributed by atoms with Crippen LogP contribution in [0.2, 0.25) is 0 Å². The molecule has 0 aliphatic carbocycles. The lowest BCUT2D eigenvalue weighted by atomic mass is 9.96. The average Bonchev–Trinajstić information content (AvgIpc) is 3.70. The molecule has 0 unspecified atom stereocenters. The number of rotatable bonds is 28. The molecule has 0 saturated carbocycles. The van der Waals surface area contributed by atoms with Crippen molar-refractivity contribution in [2.45, 2.75) is 174 Å². The molecule has 1 rings (SSSR count). The lowest BCUT2D eigenvalue weighted by Gasteiger charge is -2.31. The van der Waals surface area contributed by atoms with Gasteiger partial charge in [0, 0.05) is 18.5 Å². The molecule has 0 bridgehead atoms. The highest BCUT2D eigenvalue weighted by Gasteiger charge is 2.41. The molecular formula is C41H68N8O15-2. The summed E-state index contributed by atoms with van der Waals surface area (Å²) in [5.41, 5.74) is 3.68. The van der Waals surface area contributed by atoms with E-state index in [2.05, 4.69) is 37.6 Å². The number of aliphatic hydroxyl groups is 2. The first-order valence-electron chi connectivity index (χ1n) is 21.6. The van der Waals surface area contributed by atoms with Crippen LogP contribution in [0.4, 0.5) is 0 Å². The summed E-state index contributed by atoms with van der Waals surface area (Å²) in [6, 6.07) is -11.5. The summed E-state index contributed by atoms with van der Waals surface area (Å²) in [4.78, 5) is 131. The maximum absolute atomic E-state index is 13.9. The summed E-state index contributed by atoms with van der Waals surface area (Å²) in [5.74, 6) is -12.4. The predicted octanol–water partition coefficient (Wildman–Crippen LogP) is -6.79. The summed E-state index contributed by atoms with van der Waals surface area (Å²) in [6.07, 6.45) is -4.42. The Hall–Kier alpha value is -5.42. The SMILES string of the molecule is CC[C@H](C)[C@H](NC(=O)[C@H](CCC(=O)[O-])NC(=O)[C@H](CC(C)C)NC(=O)[C@@H]1CCCN1C(=O)[C@@H]([NH3+])[C@@H](C)O)C(=O)N[C@H](C(=O)N[C@@H](CCC(=O)[O-])C(=O)N[C@@H](CC(C)C)C(=O)[O-])[C@@H](C)O. The molecule has 1 fully saturated rings. The number of quaternary nitrogens is 1. The monoisotopic (exact) mass is 912 g/mol. The van der Waals surface area contributed by atoms with Gasteiger partial charge in [-0.15, -0.1) is 0 Å². The number of aliphatic hydroxyl groups excluding tert-OH is 2. The van der Waals surface area contributed by atoms with Gasteiger partial charge in [-0.1, -0.05) is 48.0 Å².